The highest BCUT2D eigenvalue weighted by Crippen LogP contribution is 2.62. The van der Waals surface area contributed by atoms with Gasteiger partial charge in [0.1, 0.15) is 46.4 Å². The van der Waals surface area contributed by atoms with Crippen molar-refractivity contribution in [3.8, 4) is 0 Å². The molecule has 0 atom stereocenters. The topological polar surface area (TPSA) is 0 Å². The van der Waals surface area contributed by atoms with Crippen molar-refractivity contribution in [3.63, 3.8) is 0 Å². The normalized spacial score (nSPS) is 11.8. The third-order valence-electron chi connectivity index (χ3n) is 10.1. The van der Waals surface area contributed by atoms with Crippen molar-refractivity contribution >= 4 is 57.1 Å². The Kier molecular flexibility index (Phi) is 9.24. The average molecular weight is 679 g/mol. The van der Waals surface area contributed by atoms with Gasteiger partial charge in [0.05, 0.1) is 12.3 Å². The van der Waals surface area contributed by atoms with Crippen LogP contribution in [0, 0.1) is 0 Å². The van der Waals surface area contributed by atoms with E-state index < -0.39 is 14.5 Å². The lowest BCUT2D eigenvalue weighted by Crippen LogP contribution is -2.34. The Hall–Kier alpha value is -5.12. The first kappa shape index (κ1) is 32.1. The third-order valence-corrected chi connectivity index (χ3v) is 18.8. The molecule has 8 aromatic carbocycles. The fraction of sp³-hybridized carbons (Fsp3) is 0.0417. The van der Waals surface area contributed by atoms with Gasteiger partial charge in [0.25, 0.3) is 0 Å². The van der Waals surface area contributed by atoms with Gasteiger partial charge in [-0.3, -0.25) is 0 Å². The molecule has 240 valence electrons. The molecule has 0 fully saturated rings. The van der Waals surface area contributed by atoms with Gasteiger partial charge in [0.15, 0.2) is 0 Å². The van der Waals surface area contributed by atoms with E-state index in [-0.39, 0.29) is 0 Å². The lowest BCUT2D eigenvalue weighted by Gasteiger charge is -2.31. The van der Waals surface area contributed by atoms with E-state index in [2.05, 4.69) is 218 Å². The zero-order valence-electron chi connectivity index (χ0n) is 28.1. The SMILES string of the molecule is c1ccc([P+](Cc2cc3ccccc3cc2C[P+](c2ccccc2)(c2ccccc2)c2ccccc2)(c2ccccc2)c2ccccc2)cc1. The molecule has 8 aromatic rings. The largest absolute Gasteiger partial charge is 0.116 e. The van der Waals surface area contributed by atoms with Crippen LogP contribution in [-0.2, 0) is 12.3 Å². The Morgan fingerprint density at radius 3 is 0.660 bits per heavy atom. The van der Waals surface area contributed by atoms with Gasteiger partial charge in [-0.05, 0) is 107 Å². The Balaban J connectivity index is 1.42. The molecule has 0 heterocycles. The van der Waals surface area contributed by atoms with E-state index in [1.165, 1.54) is 53.7 Å². The van der Waals surface area contributed by atoms with Gasteiger partial charge in [-0.25, -0.2) is 0 Å². The predicted molar refractivity (Wildman–Crippen MR) is 222 cm³/mol. The molecular formula is C48H40P2+2. The summed E-state index contributed by atoms with van der Waals surface area (Å²) in [7, 11) is -4.30. The second kappa shape index (κ2) is 14.4. The second-order valence-corrected chi connectivity index (χ2v) is 19.9. The van der Waals surface area contributed by atoms with Crippen LogP contribution in [0.1, 0.15) is 11.1 Å². The molecule has 0 spiro atoms. The van der Waals surface area contributed by atoms with Crippen LogP contribution >= 0.6 is 14.5 Å². The zero-order chi connectivity index (χ0) is 33.6. The van der Waals surface area contributed by atoms with Crippen LogP contribution < -0.4 is 31.8 Å². The number of fused-ring (bicyclic) bond motifs is 1. The fourth-order valence-corrected chi connectivity index (χ4v) is 16.3. The minimum Gasteiger partial charge on any atom is -0.0620 e. The summed E-state index contributed by atoms with van der Waals surface area (Å²) in [5.74, 6) is 0. The monoisotopic (exact) mass is 678 g/mol. The lowest BCUT2D eigenvalue weighted by molar-refractivity contribution is 1.27. The smallest absolute Gasteiger partial charge is 0.0620 e. The highest BCUT2D eigenvalue weighted by molar-refractivity contribution is 7.95. The van der Waals surface area contributed by atoms with Crippen molar-refractivity contribution in [2.24, 2.45) is 0 Å². The van der Waals surface area contributed by atoms with Gasteiger partial charge in [-0.15, -0.1) is 0 Å². The van der Waals surface area contributed by atoms with E-state index in [1.807, 2.05) is 0 Å². The molecule has 0 saturated heterocycles. The Bertz CT molecular complexity index is 1930. The van der Waals surface area contributed by atoms with Crippen molar-refractivity contribution in [2.75, 3.05) is 0 Å². The summed E-state index contributed by atoms with van der Waals surface area (Å²) in [5, 5.41) is 11.0. The third kappa shape index (κ3) is 6.01. The van der Waals surface area contributed by atoms with Crippen LogP contribution in [0.5, 0.6) is 0 Å². The molecule has 0 nitrogen and oxygen atoms in total. The van der Waals surface area contributed by atoms with E-state index in [9.17, 15) is 0 Å². The molecule has 0 aliphatic heterocycles. The molecule has 0 amide bonds. The zero-order valence-corrected chi connectivity index (χ0v) is 29.9. The predicted octanol–water partition coefficient (Wildman–Crippen LogP) is 9.83. The minimum absolute atomic E-state index is 0.934. The maximum Gasteiger partial charge on any atom is 0.116 e. The molecule has 0 unspecified atom stereocenters. The quantitative estimate of drug-likeness (QED) is 0.126. The molecule has 0 aromatic heterocycles. The summed E-state index contributed by atoms with van der Waals surface area (Å²) in [6, 6.07) is 81.8. The van der Waals surface area contributed by atoms with E-state index in [0.717, 1.165) is 12.3 Å². The van der Waals surface area contributed by atoms with Crippen LogP contribution in [0.3, 0.4) is 0 Å². The fourth-order valence-electron chi connectivity index (χ4n) is 7.68. The van der Waals surface area contributed by atoms with Gasteiger partial charge in [-0.2, -0.15) is 0 Å². The summed E-state index contributed by atoms with van der Waals surface area (Å²) in [5.41, 5.74) is 2.86. The van der Waals surface area contributed by atoms with Crippen molar-refractivity contribution in [1.29, 1.82) is 0 Å². The maximum absolute atomic E-state index is 2.52. The molecule has 0 saturated carbocycles. The van der Waals surface area contributed by atoms with Crippen LogP contribution in [0.15, 0.2) is 218 Å². The van der Waals surface area contributed by atoms with Crippen LogP contribution in [0.25, 0.3) is 10.8 Å². The van der Waals surface area contributed by atoms with Crippen LogP contribution in [-0.4, -0.2) is 0 Å². The standard InChI is InChI=1S/C48H40P2/c1-7-23-43(24-8-1)49(44-25-9-2-10-26-44,45-27-11-3-12-28-45)37-41-35-39-21-19-20-22-40(39)36-42(41)38-50(46-29-13-4-14-30-46,47-31-15-5-16-32-47)48-33-17-6-18-34-48/h1-36H,37-38H2/q+2. The number of hydrogen-bond acceptors (Lipinski definition) is 0. The highest BCUT2D eigenvalue weighted by atomic mass is 31.2. The maximum atomic E-state index is 2.52. The van der Waals surface area contributed by atoms with Gasteiger partial charge in [-0.1, -0.05) is 133 Å². The average Bonchev–Trinajstić information content (AvgIpc) is 3.21. The molecule has 0 N–H and O–H groups in total. The first-order valence-corrected chi connectivity index (χ1v) is 21.3. The van der Waals surface area contributed by atoms with Gasteiger partial charge < -0.3 is 0 Å². The van der Waals surface area contributed by atoms with E-state index in [4.69, 9.17) is 0 Å². The molecule has 50 heavy (non-hydrogen) atoms. The Morgan fingerprint density at radius 2 is 0.440 bits per heavy atom. The summed E-state index contributed by atoms with van der Waals surface area (Å²) in [6.45, 7) is 0. The lowest BCUT2D eigenvalue weighted by atomic mass is 10.0. The highest BCUT2D eigenvalue weighted by Gasteiger charge is 2.49. The Morgan fingerprint density at radius 1 is 0.240 bits per heavy atom. The molecule has 2 heteroatoms. The van der Waals surface area contributed by atoms with Gasteiger partial charge >= 0.3 is 0 Å². The van der Waals surface area contributed by atoms with E-state index in [1.54, 1.807) is 0 Å². The van der Waals surface area contributed by atoms with Crippen molar-refractivity contribution in [1.82, 2.24) is 0 Å². The summed E-state index contributed by atoms with van der Waals surface area (Å²) < 4.78 is 0. The molecule has 0 aliphatic carbocycles. The summed E-state index contributed by atoms with van der Waals surface area (Å²) >= 11 is 0. The van der Waals surface area contributed by atoms with Gasteiger partial charge in [0, 0.05) is 0 Å². The molecule has 0 bridgehead atoms. The first-order chi connectivity index (χ1) is 24.8. The van der Waals surface area contributed by atoms with E-state index in [0.29, 0.717) is 0 Å². The molecule has 8 rings (SSSR count). The summed E-state index contributed by atoms with van der Waals surface area (Å²) in [4.78, 5) is 0. The summed E-state index contributed by atoms with van der Waals surface area (Å²) in [6.07, 6.45) is 1.87. The molecular weight excluding hydrogens is 638 g/mol. The number of benzene rings is 8. The minimum atomic E-state index is -2.15. The van der Waals surface area contributed by atoms with Gasteiger partial charge in [0.2, 0.25) is 0 Å². The molecule has 0 radical (unpaired) electrons. The van der Waals surface area contributed by atoms with Crippen molar-refractivity contribution in [2.45, 2.75) is 12.3 Å². The second-order valence-electron chi connectivity index (χ2n) is 12.9. The van der Waals surface area contributed by atoms with Crippen molar-refractivity contribution in [3.05, 3.63) is 230 Å². The van der Waals surface area contributed by atoms with Crippen molar-refractivity contribution < 1.29 is 0 Å². The number of rotatable bonds is 10. The van der Waals surface area contributed by atoms with Crippen LogP contribution in [0.4, 0.5) is 0 Å². The van der Waals surface area contributed by atoms with Crippen LogP contribution in [0.2, 0.25) is 0 Å². The molecule has 0 aliphatic rings. The van der Waals surface area contributed by atoms with E-state index >= 15 is 0 Å². The Labute approximate surface area is 297 Å². The number of hydrogen-bond donors (Lipinski definition) is 0. The first-order valence-electron chi connectivity index (χ1n) is 17.4.